The Morgan fingerprint density at radius 3 is 2.33 bits per heavy atom. The Labute approximate surface area is 118 Å². The maximum Gasteiger partial charge on any atom is 0.338 e. The monoisotopic (exact) mass is 294 g/mol. The second kappa shape index (κ2) is 5.43. The molecule has 0 atom stereocenters. The van der Waals surface area contributed by atoms with Gasteiger partial charge in [0.15, 0.2) is 0 Å². The van der Waals surface area contributed by atoms with Gasteiger partial charge in [0, 0.05) is 24.8 Å². The lowest BCUT2D eigenvalue weighted by Gasteiger charge is -2.13. The molecule has 0 saturated carbocycles. The van der Waals surface area contributed by atoms with E-state index < -0.39 is 29.6 Å². The van der Waals surface area contributed by atoms with Crippen molar-refractivity contribution in [1.29, 1.82) is 0 Å². The first kappa shape index (κ1) is 14.8. The van der Waals surface area contributed by atoms with Crippen LogP contribution in [0, 0.1) is 0 Å². The molecule has 0 aliphatic carbocycles. The Balaban J connectivity index is 2.54. The molecule has 0 bridgehead atoms. The van der Waals surface area contributed by atoms with E-state index in [1.807, 2.05) is 0 Å². The fourth-order valence-electron chi connectivity index (χ4n) is 1.83. The van der Waals surface area contributed by atoms with Gasteiger partial charge in [-0.15, -0.1) is 0 Å². The van der Waals surface area contributed by atoms with Crippen molar-refractivity contribution in [2.75, 3.05) is 0 Å². The summed E-state index contributed by atoms with van der Waals surface area (Å²) in [6.45, 7) is -0.262. The molecule has 0 fully saturated rings. The van der Waals surface area contributed by atoms with Gasteiger partial charge in [-0.05, 0) is 12.1 Å². The molecule has 21 heavy (non-hydrogen) atoms. The molecule has 0 saturated heterocycles. The SMILES string of the molecule is CC(F)(F)Cn1ccc(=O)n(C(=O)c2ccccc2)c1=O. The molecule has 2 rings (SSSR count). The Morgan fingerprint density at radius 2 is 1.76 bits per heavy atom. The van der Waals surface area contributed by atoms with E-state index in [1.165, 1.54) is 12.1 Å². The topological polar surface area (TPSA) is 61.1 Å². The zero-order valence-corrected chi connectivity index (χ0v) is 11.1. The molecule has 1 aromatic carbocycles. The van der Waals surface area contributed by atoms with Crippen molar-refractivity contribution in [3.8, 4) is 0 Å². The van der Waals surface area contributed by atoms with Gasteiger partial charge in [-0.3, -0.25) is 14.2 Å². The van der Waals surface area contributed by atoms with E-state index in [0.717, 1.165) is 12.3 Å². The van der Waals surface area contributed by atoms with Gasteiger partial charge in [0.05, 0.1) is 6.54 Å². The minimum absolute atomic E-state index is 0.123. The van der Waals surface area contributed by atoms with Crippen LogP contribution in [0.1, 0.15) is 17.3 Å². The Hall–Kier alpha value is -2.57. The number of rotatable bonds is 3. The first-order valence-corrected chi connectivity index (χ1v) is 6.10. The van der Waals surface area contributed by atoms with Gasteiger partial charge in [0.25, 0.3) is 17.4 Å². The highest BCUT2D eigenvalue weighted by Gasteiger charge is 2.24. The molecule has 0 spiro atoms. The van der Waals surface area contributed by atoms with Crippen molar-refractivity contribution < 1.29 is 13.6 Å². The van der Waals surface area contributed by atoms with Crippen molar-refractivity contribution >= 4 is 5.91 Å². The van der Waals surface area contributed by atoms with Gasteiger partial charge in [-0.1, -0.05) is 18.2 Å². The minimum atomic E-state index is -3.14. The van der Waals surface area contributed by atoms with E-state index in [2.05, 4.69) is 0 Å². The molecular weight excluding hydrogens is 282 g/mol. The van der Waals surface area contributed by atoms with Crippen LogP contribution in [0.25, 0.3) is 0 Å². The second-order valence-electron chi connectivity index (χ2n) is 4.64. The third-order valence-electron chi connectivity index (χ3n) is 2.73. The fraction of sp³-hybridized carbons (Fsp3) is 0.214. The standard InChI is InChI=1S/C14H12F2N2O3/c1-14(15,16)9-17-8-7-11(19)18(13(17)21)12(20)10-5-3-2-4-6-10/h2-8H,9H2,1H3. The average Bonchev–Trinajstić information content (AvgIpc) is 2.42. The summed E-state index contributed by atoms with van der Waals surface area (Å²) in [5, 5.41) is 0. The maximum atomic E-state index is 13.0. The largest absolute Gasteiger partial charge is 0.338 e. The van der Waals surface area contributed by atoms with E-state index in [0.29, 0.717) is 16.1 Å². The molecule has 2 aromatic rings. The summed E-state index contributed by atoms with van der Waals surface area (Å²) < 4.78 is 27.0. The van der Waals surface area contributed by atoms with Crippen molar-refractivity contribution in [3.63, 3.8) is 0 Å². The molecule has 1 aromatic heterocycles. The van der Waals surface area contributed by atoms with Crippen LogP contribution in [0.5, 0.6) is 0 Å². The van der Waals surface area contributed by atoms with Crippen LogP contribution in [-0.2, 0) is 6.54 Å². The molecule has 0 amide bonds. The first-order valence-electron chi connectivity index (χ1n) is 6.10. The number of nitrogens with zero attached hydrogens (tertiary/aromatic N) is 2. The van der Waals surface area contributed by atoms with Gasteiger partial charge in [-0.2, -0.15) is 4.57 Å². The smallest absolute Gasteiger partial charge is 0.294 e. The zero-order chi connectivity index (χ0) is 15.6. The normalized spacial score (nSPS) is 11.4. The van der Waals surface area contributed by atoms with Crippen molar-refractivity contribution in [1.82, 2.24) is 9.13 Å². The van der Waals surface area contributed by atoms with Crippen LogP contribution in [0.15, 0.2) is 52.2 Å². The van der Waals surface area contributed by atoms with Gasteiger partial charge in [0.1, 0.15) is 0 Å². The zero-order valence-electron chi connectivity index (χ0n) is 11.1. The summed E-state index contributed by atoms with van der Waals surface area (Å²) in [7, 11) is 0. The van der Waals surface area contributed by atoms with Crippen molar-refractivity contribution in [3.05, 3.63) is 69.0 Å². The van der Waals surface area contributed by atoms with Crippen molar-refractivity contribution in [2.45, 2.75) is 19.4 Å². The summed E-state index contributed by atoms with van der Waals surface area (Å²) in [5.41, 5.74) is -1.82. The Morgan fingerprint density at radius 1 is 1.14 bits per heavy atom. The number of carbonyl (C=O) groups excluding carboxylic acids is 1. The number of carbonyl (C=O) groups is 1. The molecule has 0 unspecified atom stereocenters. The number of aromatic nitrogens is 2. The second-order valence-corrected chi connectivity index (χ2v) is 4.64. The number of benzene rings is 1. The number of hydrogen-bond donors (Lipinski definition) is 0. The van der Waals surface area contributed by atoms with E-state index in [1.54, 1.807) is 18.2 Å². The molecule has 7 heteroatoms. The quantitative estimate of drug-likeness (QED) is 0.858. The van der Waals surface area contributed by atoms with E-state index in [9.17, 15) is 23.2 Å². The first-order chi connectivity index (χ1) is 9.79. The van der Waals surface area contributed by atoms with Crippen LogP contribution in [-0.4, -0.2) is 21.0 Å². The van der Waals surface area contributed by atoms with Crippen LogP contribution >= 0.6 is 0 Å². The van der Waals surface area contributed by atoms with E-state index in [-0.39, 0.29) is 5.56 Å². The number of halogens is 2. The van der Waals surface area contributed by atoms with Crippen molar-refractivity contribution in [2.24, 2.45) is 0 Å². The summed E-state index contributed by atoms with van der Waals surface area (Å²) in [4.78, 5) is 35.9. The molecule has 0 radical (unpaired) electrons. The summed E-state index contributed by atoms with van der Waals surface area (Å²) in [6.07, 6.45) is 0.955. The number of alkyl halides is 2. The highest BCUT2D eigenvalue weighted by molar-refractivity contribution is 5.95. The van der Waals surface area contributed by atoms with Crippen LogP contribution in [0.3, 0.4) is 0 Å². The molecule has 0 N–H and O–H groups in total. The fourth-order valence-corrected chi connectivity index (χ4v) is 1.83. The molecule has 110 valence electrons. The highest BCUT2D eigenvalue weighted by Crippen LogP contribution is 2.12. The molecular formula is C14H12F2N2O3. The molecule has 1 heterocycles. The third-order valence-corrected chi connectivity index (χ3v) is 2.73. The lowest BCUT2D eigenvalue weighted by Crippen LogP contribution is -2.44. The van der Waals surface area contributed by atoms with Crippen LogP contribution < -0.4 is 11.2 Å². The highest BCUT2D eigenvalue weighted by atomic mass is 19.3. The lowest BCUT2D eigenvalue weighted by molar-refractivity contribution is 0.00219. The van der Waals surface area contributed by atoms with E-state index in [4.69, 9.17) is 0 Å². The molecule has 0 aliphatic rings. The van der Waals surface area contributed by atoms with Gasteiger partial charge in [-0.25, -0.2) is 13.6 Å². The van der Waals surface area contributed by atoms with E-state index >= 15 is 0 Å². The Kier molecular flexibility index (Phi) is 3.84. The molecule has 5 nitrogen and oxygen atoms in total. The van der Waals surface area contributed by atoms with Gasteiger partial charge in [0.2, 0.25) is 0 Å². The maximum absolute atomic E-state index is 13.0. The Bertz CT molecular complexity index is 773. The van der Waals surface area contributed by atoms with Crippen LogP contribution in [0.4, 0.5) is 8.78 Å². The van der Waals surface area contributed by atoms with Gasteiger partial charge >= 0.3 is 5.69 Å². The summed E-state index contributed by atoms with van der Waals surface area (Å²) in [6, 6.07) is 8.58. The van der Waals surface area contributed by atoms with Crippen LogP contribution in [0.2, 0.25) is 0 Å². The minimum Gasteiger partial charge on any atom is -0.294 e. The predicted molar refractivity (Wildman–Crippen MR) is 71.8 cm³/mol. The summed E-state index contributed by atoms with van der Waals surface area (Å²) in [5.74, 6) is -3.98. The number of hydrogen-bond acceptors (Lipinski definition) is 3. The molecule has 0 aliphatic heterocycles. The third kappa shape index (κ3) is 3.31. The summed E-state index contributed by atoms with van der Waals surface area (Å²) >= 11 is 0. The van der Waals surface area contributed by atoms with Gasteiger partial charge < -0.3 is 0 Å². The predicted octanol–water partition coefficient (Wildman–Crippen LogP) is 1.35. The average molecular weight is 294 g/mol. The lowest BCUT2D eigenvalue weighted by atomic mass is 10.2.